The van der Waals surface area contributed by atoms with Gasteiger partial charge in [-0.3, -0.25) is 9.80 Å². The zero-order valence-electron chi connectivity index (χ0n) is 15.5. The molecule has 0 spiro atoms. The first-order chi connectivity index (χ1) is 12.2. The van der Waals surface area contributed by atoms with Crippen molar-refractivity contribution in [3.63, 3.8) is 0 Å². The van der Waals surface area contributed by atoms with Gasteiger partial charge < -0.3 is 4.74 Å². The fourth-order valence-electron chi connectivity index (χ4n) is 3.63. The fourth-order valence-corrected chi connectivity index (χ4v) is 3.63. The minimum Gasteiger partial charge on any atom is -0.494 e. The van der Waals surface area contributed by atoms with E-state index in [1.165, 1.54) is 37.1 Å². The summed E-state index contributed by atoms with van der Waals surface area (Å²) in [6, 6.07) is 20.0. The number of likely N-dealkylation sites (tertiary alicyclic amines) is 1. The predicted octanol–water partition coefficient (Wildman–Crippen LogP) is 4.18. The van der Waals surface area contributed by atoms with Crippen molar-refractivity contribution in [2.45, 2.75) is 38.9 Å². The molecule has 1 saturated heterocycles. The van der Waals surface area contributed by atoms with Gasteiger partial charge in [-0.15, -0.1) is 0 Å². The summed E-state index contributed by atoms with van der Waals surface area (Å²) in [6.45, 7) is 7.19. The third kappa shape index (κ3) is 5.32. The van der Waals surface area contributed by atoms with Crippen molar-refractivity contribution in [2.75, 3.05) is 26.7 Å². The lowest BCUT2D eigenvalue weighted by Crippen LogP contribution is -2.42. The second kappa shape index (κ2) is 9.02. The highest BCUT2D eigenvalue weighted by Gasteiger charge is 2.22. The van der Waals surface area contributed by atoms with Gasteiger partial charge >= 0.3 is 0 Å². The zero-order valence-corrected chi connectivity index (χ0v) is 15.5. The smallest absolute Gasteiger partial charge is 0.119 e. The largest absolute Gasteiger partial charge is 0.494 e. The maximum atomic E-state index is 5.52. The first kappa shape index (κ1) is 18.0. The van der Waals surface area contributed by atoms with E-state index in [-0.39, 0.29) is 0 Å². The standard InChI is InChI=1S/C22H30N2O/c1-3-25-22-11-9-20(10-12-22)18-24-15-13-21(14-16-24)23(2)17-19-7-5-4-6-8-19/h4-12,21H,3,13-18H2,1-2H3. The summed E-state index contributed by atoms with van der Waals surface area (Å²) in [4.78, 5) is 5.09. The van der Waals surface area contributed by atoms with Crippen LogP contribution in [0.25, 0.3) is 0 Å². The Hall–Kier alpha value is -1.84. The molecule has 2 aromatic rings. The van der Waals surface area contributed by atoms with E-state index in [1.807, 2.05) is 6.92 Å². The molecule has 1 aliphatic rings. The van der Waals surface area contributed by atoms with E-state index in [1.54, 1.807) is 0 Å². The van der Waals surface area contributed by atoms with Crippen molar-refractivity contribution in [2.24, 2.45) is 0 Å². The van der Waals surface area contributed by atoms with Gasteiger partial charge in [0, 0.05) is 19.1 Å². The maximum absolute atomic E-state index is 5.52. The summed E-state index contributed by atoms with van der Waals surface area (Å²) in [5.41, 5.74) is 2.78. The number of nitrogens with zero attached hydrogens (tertiary/aromatic N) is 2. The van der Waals surface area contributed by atoms with Crippen LogP contribution in [0, 0.1) is 0 Å². The van der Waals surface area contributed by atoms with Crippen molar-refractivity contribution < 1.29 is 4.74 Å². The van der Waals surface area contributed by atoms with Gasteiger partial charge in [-0.05, 0) is 63.2 Å². The van der Waals surface area contributed by atoms with Crippen LogP contribution in [0.1, 0.15) is 30.9 Å². The maximum Gasteiger partial charge on any atom is 0.119 e. The molecule has 3 nitrogen and oxygen atoms in total. The Balaban J connectivity index is 1.45. The van der Waals surface area contributed by atoms with Gasteiger partial charge in [0.05, 0.1) is 6.61 Å². The van der Waals surface area contributed by atoms with Gasteiger partial charge in [-0.2, -0.15) is 0 Å². The molecule has 0 atom stereocenters. The quantitative estimate of drug-likeness (QED) is 0.753. The lowest BCUT2D eigenvalue weighted by molar-refractivity contribution is 0.119. The van der Waals surface area contributed by atoms with Gasteiger partial charge in [-0.1, -0.05) is 42.5 Å². The number of hydrogen-bond donors (Lipinski definition) is 0. The number of piperidine rings is 1. The summed E-state index contributed by atoms with van der Waals surface area (Å²) < 4.78 is 5.52. The van der Waals surface area contributed by atoms with Gasteiger partial charge in [0.1, 0.15) is 5.75 Å². The molecule has 0 unspecified atom stereocenters. The average Bonchev–Trinajstić information content (AvgIpc) is 2.65. The molecular weight excluding hydrogens is 308 g/mol. The third-order valence-corrected chi connectivity index (χ3v) is 5.10. The number of rotatable bonds is 7. The fraction of sp³-hybridized carbons (Fsp3) is 0.455. The molecule has 1 fully saturated rings. The van der Waals surface area contributed by atoms with E-state index in [0.717, 1.165) is 25.4 Å². The minimum atomic E-state index is 0.691. The van der Waals surface area contributed by atoms with Gasteiger partial charge in [0.15, 0.2) is 0 Å². The van der Waals surface area contributed by atoms with E-state index in [0.29, 0.717) is 6.04 Å². The molecule has 2 aromatic carbocycles. The third-order valence-electron chi connectivity index (χ3n) is 5.10. The molecule has 0 N–H and O–H groups in total. The first-order valence-electron chi connectivity index (χ1n) is 9.43. The SMILES string of the molecule is CCOc1ccc(CN2CCC(N(C)Cc3ccccc3)CC2)cc1. The zero-order chi connectivity index (χ0) is 17.5. The van der Waals surface area contributed by atoms with Crippen LogP contribution in [0.15, 0.2) is 54.6 Å². The first-order valence-corrected chi connectivity index (χ1v) is 9.43. The molecule has 3 heteroatoms. The Kier molecular flexibility index (Phi) is 6.48. The van der Waals surface area contributed by atoms with Crippen LogP contribution in [0.4, 0.5) is 0 Å². The van der Waals surface area contributed by atoms with Crippen LogP contribution in [-0.4, -0.2) is 42.6 Å². The summed E-state index contributed by atoms with van der Waals surface area (Å²) in [7, 11) is 2.26. The molecule has 0 amide bonds. The topological polar surface area (TPSA) is 15.7 Å². The van der Waals surface area contributed by atoms with Crippen molar-refractivity contribution in [3.8, 4) is 5.75 Å². The molecule has 0 saturated carbocycles. The van der Waals surface area contributed by atoms with Crippen LogP contribution in [0.2, 0.25) is 0 Å². The van der Waals surface area contributed by atoms with Gasteiger partial charge in [0.25, 0.3) is 0 Å². The molecule has 134 valence electrons. The second-order valence-corrected chi connectivity index (χ2v) is 6.98. The van der Waals surface area contributed by atoms with Gasteiger partial charge in [0.2, 0.25) is 0 Å². The van der Waals surface area contributed by atoms with Crippen LogP contribution < -0.4 is 4.74 Å². The Morgan fingerprint density at radius 2 is 1.64 bits per heavy atom. The van der Waals surface area contributed by atoms with E-state index in [4.69, 9.17) is 4.74 Å². The minimum absolute atomic E-state index is 0.691. The molecule has 0 radical (unpaired) electrons. The highest BCUT2D eigenvalue weighted by molar-refractivity contribution is 5.27. The van der Waals surface area contributed by atoms with E-state index in [2.05, 4.69) is 71.4 Å². The van der Waals surface area contributed by atoms with Crippen LogP contribution in [0.3, 0.4) is 0 Å². The monoisotopic (exact) mass is 338 g/mol. The second-order valence-electron chi connectivity index (χ2n) is 6.98. The van der Waals surface area contributed by atoms with Crippen LogP contribution in [-0.2, 0) is 13.1 Å². The Labute approximate surface area is 152 Å². The molecule has 0 aliphatic carbocycles. The molecular formula is C22H30N2O. The molecule has 1 heterocycles. The summed E-state index contributed by atoms with van der Waals surface area (Å²) in [5, 5.41) is 0. The van der Waals surface area contributed by atoms with E-state index < -0.39 is 0 Å². The van der Waals surface area contributed by atoms with Crippen LogP contribution in [0.5, 0.6) is 5.75 Å². The van der Waals surface area contributed by atoms with Crippen LogP contribution >= 0.6 is 0 Å². The number of ether oxygens (including phenoxy) is 1. The van der Waals surface area contributed by atoms with Gasteiger partial charge in [-0.25, -0.2) is 0 Å². The average molecular weight is 338 g/mol. The highest BCUT2D eigenvalue weighted by atomic mass is 16.5. The highest BCUT2D eigenvalue weighted by Crippen LogP contribution is 2.20. The predicted molar refractivity (Wildman–Crippen MR) is 104 cm³/mol. The lowest BCUT2D eigenvalue weighted by atomic mass is 10.0. The Morgan fingerprint density at radius 1 is 0.960 bits per heavy atom. The molecule has 3 rings (SSSR count). The van der Waals surface area contributed by atoms with Crippen molar-refractivity contribution in [3.05, 3.63) is 65.7 Å². The summed E-state index contributed by atoms with van der Waals surface area (Å²) in [6.07, 6.45) is 2.50. The van der Waals surface area contributed by atoms with Crippen molar-refractivity contribution in [1.82, 2.24) is 9.80 Å². The van der Waals surface area contributed by atoms with Crippen molar-refractivity contribution >= 4 is 0 Å². The lowest BCUT2D eigenvalue weighted by Gasteiger charge is -2.36. The van der Waals surface area contributed by atoms with E-state index in [9.17, 15) is 0 Å². The number of benzene rings is 2. The molecule has 0 bridgehead atoms. The number of hydrogen-bond acceptors (Lipinski definition) is 3. The Bertz CT molecular complexity index is 618. The molecule has 1 aliphatic heterocycles. The summed E-state index contributed by atoms with van der Waals surface area (Å²) >= 11 is 0. The Morgan fingerprint density at radius 3 is 2.28 bits per heavy atom. The van der Waals surface area contributed by atoms with E-state index >= 15 is 0 Å². The molecule has 0 aromatic heterocycles. The normalized spacial score (nSPS) is 16.3. The summed E-state index contributed by atoms with van der Waals surface area (Å²) in [5.74, 6) is 0.965. The van der Waals surface area contributed by atoms with Crippen molar-refractivity contribution in [1.29, 1.82) is 0 Å². The molecule has 25 heavy (non-hydrogen) atoms.